The number of ether oxygens (including phenoxy) is 2. The molecular formula is C37H36O8. The van der Waals surface area contributed by atoms with Crippen molar-refractivity contribution in [1.82, 2.24) is 0 Å². The Morgan fingerprint density at radius 1 is 0.600 bits per heavy atom. The van der Waals surface area contributed by atoms with Crippen molar-refractivity contribution < 1.29 is 38.9 Å². The highest BCUT2D eigenvalue weighted by Crippen LogP contribution is 2.39. The van der Waals surface area contributed by atoms with Crippen LogP contribution in [-0.4, -0.2) is 41.5 Å². The van der Waals surface area contributed by atoms with Crippen molar-refractivity contribution in [3.05, 3.63) is 108 Å². The number of methoxy groups -OCH3 is 1. The average Bonchev–Trinajstić information content (AvgIpc) is 3.05. The molecule has 5 rings (SSSR count). The van der Waals surface area contributed by atoms with Crippen LogP contribution in [0.2, 0.25) is 0 Å². The number of carbonyl (C=O) groups is 4. The number of aldehydes is 1. The Hall–Kier alpha value is -5.24. The van der Waals surface area contributed by atoms with Gasteiger partial charge in [-0.05, 0) is 73.2 Å². The van der Waals surface area contributed by atoms with E-state index in [0.29, 0.717) is 6.29 Å². The minimum atomic E-state index is -1.25. The van der Waals surface area contributed by atoms with Gasteiger partial charge in [0, 0.05) is 5.92 Å². The fourth-order valence-corrected chi connectivity index (χ4v) is 5.38. The second-order valence-corrected chi connectivity index (χ2v) is 11.2. The minimum absolute atomic E-state index is 0.206. The molecule has 232 valence electrons. The molecule has 45 heavy (non-hydrogen) atoms. The van der Waals surface area contributed by atoms with E-state index >= 15 is 0 Å². The predicted molar refractivity (Wildman–Crippen MR) is 170 cm³/mol. The van der Waals surface area contributed by atoms with Crippen molar-refractivity contribution in [2.75, 3.05) is 7.11 Å². The second-order valence-electron chi connectivity index (χ2n) is 11.2. The third-order valence-electron chi connectivity index (χ3n) is 8.08. The Labute approximate surface area is 262 Å². The van der Waals surface area contributed by atoms with Crippen molar-refractivity contribution in [3.63, 3.8) is 0 Å². The average molecular weight is 609 g/mol. The van der Waals surface area contributed by atoms with Gasteiger partial charge in [-0.3, -0.25) is 14.4 Å². The topological polar surface area (TPSA) is 127 Å². The highest BCUT2D eigenvalue weighted by molar-refractivity contribution is 5.85. The summed E-state index contributed by atoms with van der Waals surface area (Å²) >= 11 is 0. The molecule has 0 saturated heterocycles. The molecule has 1 aliphatic carbocycles. The van der Waals surface area contributed by atoms with Crippen molar-refractivity contribution in [2.24, 2.45) is 23.7 Å². The normalized spacial score (nSPS) is 18.9. The van der Waals surface area contributed by atoms with Gasteiger partial charge in [-0.15, -0.1) is 0 Å². The maximum atomic E-state index is 12.7. The van der Waals surface area contributed by atoms with Crippen molar-refractivity contribution in [3.8, 4) is 33.8 Å². The number of esters is 1. The molecule has 1 aliphatic rings. The van der Waals surface area contributed by atoms with E-state index in [1.807, 2.05) is 43.3 Å². The van der Waals surface area contributed by atoms with E-state index in [1.54, 1.807) is 31.4 Å². The van der Waals surface area contributed by atoms with Gasteiger partial charge in [0.15, 0.2) is 0 Å². The van der Waals surface area contributed by atoms with Gasteiger partial charge in [-0.25, -0.2) is 0 Å². The van der Waals surface area contributed by atoms with Gasteiger partial charge in [0.25, 0.3) is 0 Å². The highest BCUT2D eigenvalue weighted by atomic mass is 16.5. The summed E-state index contributed by atoms with van der Waals surface area (Å²) in [6.45, 7) is 4.09. The summed E-state index contributed by atoms with van der Waals surface area (Å²) in [5.41, 5.74) is 6.81. The van der Waals surface area contributed by atoms with Gasteiger partial charge in [-0.2, -0.15) is 0 Å². The number of aryl methyl sites for hydroxylation is 2. The maximum absolute atomic E-state index is 12.7. The number of hydrogen-bond acceptors (Lipinski definition) is 6. The van der Waals surface area contributed by atoms with Gasteiger partial charge in [0.1, 0.15) is 17.8 Å². The van der Waals surface area contributed by atoms with Gasteiger partial charge in [-0.1, -0.05) is 83.9 Å². The van der Waals surface area contributed by atoms with E-state index in [4.69, 9.17) is 9.47 Å². The smallest absolute Gasteiger partial charge is 0.315 e. The monoisotopic (exact) mass is 608 g/mol. The van der Waals surface area contributed by atoms with Crippen molar-refractivity contribution in [1.29, 1.82) is 0 Å². The molecule has 0 bridgehead atoms. The predicted octanol–water partition coefficient (Wildman–Crippen LogP) is 6.86. The van der Waals surface area contributed by atoms with Crippen LogP contribution in [0.1, 0.15) is 24.0 Å². The molecule has 0 radical (unpaired) electrons. The lowest BCUT2D eigenvalue weighted by atomic mass is 9.68. The lowest BCUT2D eigenvalue weighted by Gasteiger charge is -2.34. The summed E-state index contributed by atoms with van der Waals surface area (Å²) in [4.78, 5) is 47.0. The summed E-state index contributed by atoms with van der Waals surface area (Å²) < 4.78 is 10.5. The Kier molecular flexibility index (Phi) is 10.9. The van der Waals surface area contributed by atoms with Crippen LogP contribution in [0.25, 0.3) is 22.3 Å². The number of rotatable bonds is 8. The van der Waals surface area contributed by atoms with Gasteiger partial charge in [0.2, 0.25) is 0 Å². The van der Waals surface area contributed by atoms with Crippen LogP contribution in [0.15, 0.2) is 97.1 Å². The lowest BCUT2D eigenvalue weighted by Crippen LogP contribution is -2.44. The molecule has 0 aromatic heterocycles. The summed E-state index contributed by atoms with van der Waals surface area (Å²) in [6.07, 6.45) is -0.00199. The number of carboxylic acid groups (broad SMARTS) is 2. The van der Waals surface area contributed by atoms with Gasteiger partial charge < -0.3 is 24.5 Å². The second kappa shape index (κ2) is 15.0. The molecule has 4 aromatic rings. The minimum Gasteiger partial charge on any atom is -0.497 e. The summed E-state index contributed by atoms with van der Waals surface area (Å²) in [5.74, 6) is -6.51. The van der Waals surface area contributed by atoms with E-state index < -0.39 is 41.6 Å². The fraction of sp³-hybridized carbons (Fsp3) is 0.243. The first-order valence-electron chi connectivity index (χ1n) is 14.6. The zero-order chi connectivity index (χ0) is 32.5. The fourth-order valence-electron chi connectivity index (χ4n) is 5.38. The first kappa shape index (κ1) is 32.7. The molecule has 1 fully saturated rings. The van der Waals surface area contributed by atoms with Crippen LogP contribution in [0.5, 0.6) is 11.5 Å². The standard InChI is InChI=1S/C23H22O7.C14H14O/c1-13-2-4-14(5-3-13)15-6-8-17(9-7-15)30-23(29)20-11-18(21(25)26)16(12-24)10-19(20)22(27)28;1-11-3-5-12(6-4-11)13-7-9-14(15-2)10-8-13/h2-9,12,16,18-20H,10-11H2,1H3,(H,25,26)(H,27,28);3-10H,1-2H3. The van der Waals surface area contributed by atoms with Gasteiger partial charge in [0.05, 0.1) is 24.9 Å². The lowest BCUT2D eigenvalue weighted by molar-refractivity contribution is -0.161. The van der Waals surface area contributed by atoms with E-state index in [2.05, 4.69) is 43.3 Å². The first-order chi connectivity index (χ1) is 21.6. The Balaban J connectivity index is 0.000000256. The molecular weight excluding hydrogens is 572 g/mol. The largest absolute Gasteiger partial charge is 0.497 e. The molecule has 1 saturated carbocycles. The van der Waals surface area contributed by atoms with Gasteiger partial charge >= 0.3 is 17.9 Å². The Morgan fingerprint density at radius 3 is 1.38 bits per heavy atom. The molecule has 8 heteroatoms. The SMILES string of the molecule is COc1ccc(-c2ccc(C)cc2)cc1.Cc1ccc(-c2ccc(OC(=O)C3CC(C(=O)O)C(C=O)CC3C(=O)O)cc2)cc1. The van der Waals surface area contributed by atoms with Crippen LogP contribution in [0, 0.1) is 37.5 Å². The number of hydrogen-bond donors (Lipinski definition) is 2. The van der Waals surface area contributed by atoms with E-state index in [-0.39, 0.29) is 18.6 Å². The van der Waals surface area contributed by atoms with Crippen molar-refractivity contribution >= 4 is 24.2 Å². The molecule has 4 atom stereocenters. The molecule has 0 aliphatic heterocycles. The van der Waals surface area contributed by atoms with Crippen LogP contribution in [0.3, 0.4) is 0 Å². The number of aliphatic carboxylic acids is 2. The number of benzene rings is 4. The zero-order valence-corrected chi connectivity index (χ0v) is 25.4. The Morgan fingerprint density at radius 2 is 1.00 bits per heavy atom. The van der Waals surface area contributed by atoms with Crippen molar-refractivity contribution in [2.45, 2.75) is 26.7 Å². The summed E-state index contributed by atoms with van der Waals surface area (Å²) in [5, 5.41) is 18.8. The van der Waals surface area contributed by atoms with Crippen LogP contribution in [0.4, 0.5) is 0 Å². The van der Waals surface area contributed by atoms with E-state index in [0.717, 1.165) is 22.4 Å². The third kappa shape index (κ3) is 8.44. The molecule has 8 nitrogen and oxygen atoms in total. The quantitative estimate of drug-likeness (QED) is 0.126. The summed E-state index contributed by atoms with van der Waals surface area (Å²) in [7, 11) is 1.68. The molecule has 4 aromatic carbocycles. The number of carbonyl (C=O) groups excluding carboxylic acids is 2. The molecule has 0 heterocycles. The van der Waals surface area contributed by atoms with E-state index in [9.17, 15) is 29.4 Å². The zero-order valence-electron chi connectivity index (χ0n) is 25.4. The van der Waals surface area contributed by atoms with Crippen LogP contribution < -0.4 is 9.47 Å². The molecule has 0 spiro atoms. The third-order valence-corrected chi connectivity index (χ3v) is 8.08. The molecule has 0 amide bonds. The maximum Gasteiger partial charge on any atom is 0.315 e. The first-order valence-corrected chi connectivity index (χ1v) is 14.6. The van der Waals surface area contributed by atoms with Crippen LogP contribution in [-0.2, 0) is 19.2 Å². The van der Waals surface area contributed by atoms with E-state index in [1.165, 1.54) is 16.7 Å². The number of carboxylic acids is 2. The highest BCUT2D eigenvalue weighted by Gasteiger charge is 2.47. The Bertz CT molecular complexity index is 1610. The molecule has 4 unspecified atom stereocenters. The summed E-state index contributed by atoms with van der Waals surface area (Å²) in [6, 6.07) is 31.3. The van der Waals surface area contributed by atoms with Crippen LogP contribution >= 0.6 is 0 Å². The molecule has 2 N–H and O–H groups in total.